The van der Waals surface area contributed by atoms with Crippen molar-refractivity contribution in [3.63, 3.8) is 0 Å². The summed E-state index contributed by atoms with van der Waals surface area (Å²) in [6, 6.07) is 17.3. The van der Waals surface area contributed by atoms with Gasteiger partial charge in [-0.25, -0.2) is 4.99 Å². The first-order chi connectivity index (χ1) is 14.3. The van der Waals surface area contributed by atoms with Crippen LogP contribution in [0.1, 0.15) is 30.9 Å². The highest BCUT2D eigenvalue weighted by Gasteiger charge is 2.67. The van der Waals surface area contributed by atoms with Crippen LogP contribution in [0.15, 0.2) is 65.7 Å². The van der Waals surface area contributed by atoms with Crippen LogP contribution in [0, 0.1) is 0 Å². The number of carbonyl (C=O) groups excluding carboxylic acids is 2. The Morgan fingerprint density at radius 3 is 2.23 bits per heavy atom. The van der Waals surface area contributed by atoms with Crippen LogP contribution in [0.25, 0.3) is 0 Å². The number of nitrogens with zero attached hydrogens (tertiary/aromatic N) is 2. The summed E-state index contributed by atoms with van der Waals surface area (Å²) in [7, 11) is 0. The van der Waals surface area contributed by atoms with Crippen molar-refractivity contribution >= 4 is 17.6 Å². The number of carbonyl (C=O) groups is 2. The summed E-state index contributed by atoms with van der Waals surface area (Å²) in [6.07, 6.45) is -4.53. The second kappa shape index (κ2) is 8.69. The number of nitrogens with one attached hydrogen (secondary N) is 1. The Hall–Kier alpha value is -3.16. The van der Waals surface area contributed by atoms with E-state index in [1.165, 1.54) is 0 Å². The van der Waals surface area contributed by atoms with Gasteiger partial charge in [-0.15, -0.1) is 0 Å². The highest BCUT2D eigenvalue weighted by atomic mass is 19.4. The zero-order chi connectivity index (χ0) is 21.8. The maximum absolute atomic E-state index is 14.1. The summed E-state index contributed by atoms with van der Waals surface area (Å²) in [5, 5.41) is 1.87. The average molecular weight is 417 g/mol. The molecule has 1 heterocycles. The smallest absolute Gasteiger partial charge is 0.316 e. The van der Waals surface area contributed by atoms with Gasteiger partial charge in [-0.05, 0) is 18.4 Å². The Morgan fingerprint density at radius 1 is 1.07 bits per heavy atom. The summed E-state index contributed by atoms with van der Waals surface area (Å²) in [5.74, 6) is -2.27. The fourth-order valence-electron chi connectivity index (χ4n) is 3.29. The molecule has 158 valence electrons. The SMILES string of the molecule is CCCC(=O)NC1(C(F)(F)F)N=C(c2ccccc2)N(CCc2ccccc2)C1=O. The van der Waals surface area contributed by atoms with Crippen LogP contribution in [0.5, 0.6) is 0 Å². The van der Waals surface area contributed by atoms with Crippen LogP contribution >= 0.6 is 0 Å². The molecule has 0 spiro atoms. The summed E-state index contributed by atoms with van der Waals surface area (Å²) in [4.78, 5) is 30.0. The predicted molar refractivity (Wildman–Crippen MR) is 107 cm³/mol. The standard InChI is InChI=1S/C22H22F3N3O2/c1-2-9-18(29)26-21(22(23,24)25)20(30)28(15-14-16-10-5-3-6-11-16)19(27-21)17-12-7-4-8-13-17/h3-8,10-13H,2,9,14-15H2,1H3,(H,26,29). The number of amidine groups is 1. The number of aliphatic imine (C=N–C) groups is 1. The summed E-state index contributed by atoms with van der Waals surface area (Å²) in [5.41, 5.74) is -2.08. The first kappa shape index (κ1) is 21.5. The van der Waals surface area contributed by atoms with E-state index in [1.54, 1.807) is 37.3 Å². The van der Waals surface area contributed by atoms with E-state index in [-0.39, 0.29) is 18.8 Å². The minimum absolute atomic E-state index is 0.00193. The normalized spacial score (nSPS) is 19.0. The molecule has 1 aliphatic rings. The van der Waals surface area contributed by atoms with Crippen molar-refractivity contribution in [3.8, 4) is 0 Å². The Labute approximate surface area is 172 Å². The molecular weight excluding hydrogens is 395 g/mol. The van der Waals surface area contributed by atoms with Gasteiger partial charge in [0.1, 0.15) is 5.84 Å². The molecule has 0 radical (unpaired) electrons. The number of hydrogen-bond donors (Lipinski definition) is 1. The van der Waals surface area contributed by atoms with Gasteiger partial charge in [0, 0.05) is 18.5 Å². The van der Waals surface area contributed by atoms with E-state index < -0.39 is 23.7 Å². The lowest BCUT2D eigenvalue weighted by atomic mass is 10.1. The second-order valence-corrected chi connectivity index (χ2v) is 7.00. The minimum Gasteiger partial charge on any atom is -0.316 e. The molecule has 2 amide bonds. The maximum atomic E-state index is 14.1. The maximum Gasteiger partial charge on any atom is 0.442 e. The number of alkyl halides is 3. The zero-order valence-electron chi connectivity index (χ0n) is 16.4. The van der Waals surface area contributed by atoms with Gasteiger partial charge in [-0.3, -0.25) is 14.5 Å². The topological polar surface area (TPSA) is 61.8 Å². The minimum atomic E-state index is -5.09. The number of hydrogen-bond acceptors (Lipinski definition) is 3. The number of amides is 2. The molecule has 2 aromatic carbocycles. The molecular formula is C22H22F3N3O2. The van der Waals surface area contributed by atoms with Gasteiger partial charge in [0.15, 0.2) is 0 Å². The van der Waals surface area contributed by atoms with Crippen molar-refractivity contribution in [2.24, 2.45) is 4.99 Å². The fourth-order valence-corrected chi connectivity index (χ4v) is 3.29. The highest BCUT2D eigenvalue weighted by molar-refractivity contribution is 6.16. The van der Waals surface area contributed by atoms with Crippen molar-refractivity contribution in [1.82, 2.24) is 10.2 Å². The Bertz CT molecular complexity index is 930. The second-order valence-electron chi connectivity index (χ2n) is 7.00. The Balaban J connectivity index is 2.02. The van der Waals surface area contributed by atoms with Gasteiger partial charge in [-0.1, -0.05) is 67.6 Å². The number of halogens is 3. The third-order valence-corrected chi connectivity index (χ3v) is 4.79. The van der Waals surface area contributed by atoms with Crippen molar-refractivity contribution < 1.29 is 22.8 Å². The van der Waals surface area contributed by atoms with Crippen LogP contribution in [0.4, 0.5) is 13.2 Å². The summed E-state index contributed by atoms with van der Waals surface area (Å²) in [6.45, 7) is 1.67. The third-order valence-electron chi connectivity index (χ3n) is 4.79. The molecule has 30 heavy (non-hydrogen) atoms. The van der Waals surface area contributed by atoms with Gasteiger partial charge >= 0.3 is 11.8 Å². The van der Waals surface area contributed by atoms with Crippen LogP contribution < -0.4 is 5.32 Å². The molecule has 0 saturated carbocycles. The molecule has 5 nitrogen and oxygen atoms in total. The molecule has 0 saturated heterocycles. The molecule has 0 bridgehead atoms. The molecule has 8 heteroatoms. The van der Waals surface area contributed by atoms with Crippen molar-refractivity contribution in [2.45, 2.75) is 38.0 Å². The molecule has 1 N–H and O–H groups in total. The van der Waals surface area contributed by atoms with Gasteiger partial charge < -0.3 is 5.32 Å². The van der Waals surface area contributed by atoms with E-state index in [2.05, 4.69) is 4.99 Å². The largest absolute Gasteiger partial charge is 0.442 e. The third kappa shape index (κ3) is 4.22. The molecule has 0 aromatic heterocycles. The lowest BCUT2D eigenvalue weighted by Crippen LogP contribution is -2.63. The highest BCUT2D eigenvalue weighted by Crippen LogP contribution is 2.38. The summed E-state index contributed by atoms with van der Waals surface area (Å²) >= 11 is 0. The molecule has 1 unspecified atom stereocenters. The molecule has 0 aliphatic carbocycles. The van der Waals surface area contributed by atoms with Crippen molar-refractivity contribution in [1.29, 1.82) is 0 Å². The monoisotopic (exact) mass is 417 g/mol. The van der Waals surface area contributed by atoms with E-state index in [1.807, 2.05) is 35.6 Å². The van der Waals surface area contributed by atoms with E-state index in [4.69, 9.17) is 0 Å². The van der Waals surface area contributed by atoms with Gasteiger partial charge in [0.05, 0.1) is 0 Å². The van der Waals surface area contributed by atoms with E-state index in [9.17, 15) is 22.8 Å². The number of rotatable bonds is 7. The Kier molecular flexibility index (Phi) is 6.24. The summed E-state index contributed by atoms with van der Waals surface area (Å²) < 4.78 is 42.4. The van der Waals surface area contributed by atoms with Crippen LogP contribution in [-0.2, 0) is 16.0 Å². The van der Waals surface area contributed by atoms with E-state index >= 15 is 0 Å². The lowest BCUT2D eigenvalue weighted by molar-refractivity contribution is -0.200. The zero-order valence-corrected chi connectivity index (χ0v) is 16.4. The van der Waals surface area contributed by atoms with Crippen molar-refractivity contribution in [2.75, 3.05) is 6.54 Å². The van der Waals surface area contributed by atoms with Crippen LogP contribution in [0.2, 0.25) is 0 Å². The van der Waals surface area contributed by atoms with Crippen LogP contribution in [-0.4, -0.2) is 40.9 Å². The molecule has 0 fully saturated rings. The molecule has 1 atom stereocenters. The van der Waals surface area contributed by atoms with Crippen molar-refractivity contribution in [3.05, 3.63) is 71.8 Å². The average Bonchev–Trinajstić information content (AvgIpc) is 3.01. The van der Waals surface area contributed by atoms with E-state index in [0.29, 0.717) is 18.4 Å². The molecule has 3 rings (SSSR count). The lowest BCUT2D eigenvalue weighted by Gasteiger charge is -2.29. The molecule has 1 aliphatic heterocycles. The quantitative estimate of drug-likeness (QED) is 0.747. The van der Waals surface area contributed by atoms with Gasteiger partial charge in [0.25, 0.3) is 5.91 Å². The van der Waals surface area contributed by atoms with Gasteiger partial charge in [-0.2, -0.15) is 13.2 Å². The van der Waals surface area contributed by atoms with Gasteiger partial charge in [0.2, 0.25) is 5.91 Å². The van der Waals surface area contributed by atoms with Crippen LogP contribution in [0.3, 0.4) is 0 Å². The predicted octanol–water partition coefficient (Wildman–Crippen LogP) is 3.69. The fraction of sp³-hybridized carbons (Fsp3) is 0.318. The first-order valence-electron chi connectivity index (χ1n) is 9.67. The van der Waals surface area contributed by atoms with E-state index in [0.717, 1.165) is 10.5 Å². The first-order valence-corrected chi connectivity index (χ1v) is 9.67. The Morgan fingerprint density at radius 2 is 1.67 bits per heavy atom. The number of benzene rings is 2. The molecule has 2 aromatic rings.